The molecular formula is C22H32N4O5. The highest BCUT2D eigenvalue weighted by molar-refractivity contribution is 5.93. The van der Waals surface area contributed by atoms with Gasteiger partial charge < -0.3 is 26.4 Å². The smallest absolute Gasteiger partial charge is 0.326 e. The third-order valence-corrected chi connectivity index (χ3v) is 5.70. The zero-order valence-corrected chi connectivity index (χ0v) is 18.0. The topological polar surface area (TPSA) is 142 Å². The maximum absolute atomic E-state index is 12.7. The maximum Gasteiger partial charge on any atom is 0.326 e. The third kappa shape index (κ3) is 6.78. The van der Waals surface area contributed by atoms with E-state index in [2.05, 4.69) is 10.6 Å². The predicted molar refractivity (Wildman–Crippen MR) is 115 cm³/mol. The van der Waals surface area contributed by atoms with Crippen molar-refractivity contribution in [3.8, 4) is 0 Å². The van der Waals surface area contributed by atoms with Crippen LogP contribution in [0.15, 0.2) is 30.3 Å². The summed E-state index contributed by atoms with van der Waals surface area (Å²) in [5, 5.41) is 14.5. The van der Waals surface area contributed by atoms with Crippen LogP contribution >= 0.6 is 0 Å². The van der Waals surface area contributed by atoms with Gasteiger partial charge in [0.2, 0.25) is 17.7 Å². The molecule has 4 unspecified atom stereocenters. The second-order valence-electron chi connectivity index (χ2n) is 7.97. The number of rotatable bonds is 10. The van der Waals surface area contributed by atoms with Gasteiger partial charge in [-0.2, -0.15) is 0 Å². The summed E-state index contributed by atoms with van der Waals surface area (Å²) in [7, 11) is 0. The molecule has 0 radical (unpaired) electrons. The van der Waals surface area contributed by atoms with E-state index in [-0.39, 0.29) is 12.5 Å². The number of nitrogens with zero attached hydrogens (tertiary/aromatic N) is 1. The molecule has 0 aliphatic carbocycles. The molecule has 3 amide bonds. The minimum atomic E-state index is -1.10. The summed E-state index contributed by atoms with van der Waals surface area (Å²) in [4.78, 5) is 50.4. The van der Waals surface area contributed by atoms with Crippen molar-refractivity contribution in [3.63, 3.8) is 0 Å². The van der Waals surface area contributed by atoms with Crippen molar-refractivity contribution in [2.24, 2.45) is 11.7 Å². The lowest BCUT2D eigenvalue weighted by Gasteiger charge is -2.27. The zero-order chi connectivity index (χ0) is 23.0. The number of aliphatic carboxylic acids is 1. The van der Waals surface area contributed by atoms with E-state index in [0.717, 1.165) is 5.56 Å². The maximum atomic E-state index is 12.7. The predicted octanol–water partition coefficient (Wildman–Crippen LogP) is 0.279. The molecule has 5 N–H and O–H groups in total. The van der Waals surface area contributed by atoms with Gasteiger partial charge in [0.25, 0.3) is 0 Å². The van der Waals surface area contributed by atoms with Gasteiger partial charge in [-0.25, -0.2) is 4.79 Å². The Kier molecular flexibility index (Phi) is 8.99. The van der Waals surface area contributed by atoms with Gasteiger partial charge >= 0.3 is 5.97 Å². The van der Waals surface area contributed by atoms with Crippen molar-refractivity contribution >= 4 is 23.7 Å². The first kappa shape index (κ1) is 24.3. The van der Waals surface area contributed by atoms with Crippen molar-refractivity contribution in [1.82, 2.24) is 15.5 Å². The Labute approximate surface area is 182 Å². The molecule has 1 aromatic carbocycles. The van der Waals surface area contributed by atoms with Gasteiger partial charge in [0, 0.05) is 6.54 Å². The van der Waals surface area contributed by atoms with Crippen LogP contribution in [0.25, 0.3) is 0 Å². The monoisotopic (exact) mass is 432 g/mol. The van der Waals surface area contributed by atoms with Gasteiger partial charge in [0.1, 0.15) is 12.1 Å². The largest absolute Gasteiger partial charge is 0.480 e. The normalized spacial score (nSPS) is 18.7. The summed E-state index contributed by atoms with van der Waals surface area (Å²) in [5.41, 5.74) is 6.85. The first-order valence-electron chi connectivity index (χ1n) is 10.6. The average Bonchev–Trinajstić information content (AvgIpc) is 3.25. The molecular weight excluding hydrogens is 400 g/mol. The second kappa shape index (κ2) is 11.5. The van der Waals surface area contributed by atoms with Crippen LogP contribution in [0.1, 0.15) is 38.7 Å². The number of amides is 3. The first-order valence-corrected chi connectivity index (χ1v) is 10.6. The number of carbonyl (C=O) groups excluding carboxylic acids is 3. The van der Waals surface area contributed by atoms with Crippen molar-refractivity contribution in [2.45, 2.75) is 57.7 Å². The fraction of sp³-hybridized carbons (Fsp3) is 0.545. The standard InChI is InChI=1S/C22H32N4O5/c1-3-14(2)19(22(30)31)25-21(29)17-10-7-11-26(17)18(27)13-24-20(28)16(23)12-15-8-5-4-6-9-15/h4-6,8-9,14,16-17,19H,3,7,10-13,23H2,1-2H3,(H,24,28)(H,25,29)(H,30,31). The number of hydrogen-bond acceptors (Lipinski definition) is 5. The fourth-order valence-corrected chi connectivity index (χ4v) is 3.63. The number of benzene rings is 1. The summed E-state index contributed by atoms with van der Waals surface area (Å²) in [5.74, 6) is -2.66. The molecule has 9 nitrogen and oxygen atoms in total. The molecule has 9 heteroatoms. The number of carbonyl (C=O) groups is 4. The van der Waals surface area contributed by atoms with Crippen LogP contribution in [0, 0.1) is 5.92 Å². The Morgan fingerprint density at radius 1 is 1.23 bits per heavy atom. The van der Waals surface area contributed by atoms with Crippen molar-refractivity contribution in [2.75, 3.05) is 13.1 Å². The molecule has 0 spiro atoms. The number of hydrogen-bond donors (Lipinski definition) is 4. The van der Waals surface area contributed by atoms with Crippen LogP contribution < -0.4 is 16.4 Å². The number of likely N-dealkylation sites (tertiary alicyclic amines) is 1. The zero-order valence-electron chi connectivity index (χ0n) is 18.0. The van der Waals surface area contributed by atoms with E-state index in [0.29, 0.717) is 32.2 Å². The SMILES string of the molecule is CCC(C)C(NC(=O)C1CCCN1C(=O)CNC(=O)C(N)Cc1ccccc1)C(=O)O. The molecule has 0 bridgehead atoms. The Hall–Kier alpha value is -2.94. The number of nitrogens with one attached hydrogen (secondary N) is 2. The third-order valence-electron chi connectivity index (χ3n) is 5.70. The Bertz CT molecular complexity index is 785. The summed E-state index contributed by atoms with van der Waals surface area (Å²) in [6, 6.07) is 6.79. The van der Waals surface area contributed by atoms with Gasteiger partial charge in [-0.3, -0.25) is 14.4 Å². The molecule has 1 heterocycles. The number of carboxylic acid groups (broad SMARTS) is 1. The molecule has 0 saturated carbocycles. The van der Waals surface area contributed by atoms with E-state index in [1.807, 2.05) is 37.3 Å². The highest BCUT2D eigenvalue weighted by Crippen LogP contribution is 2.18. The van der Waals surface area contributed by atoms with Gasteiger partial charge in [-0.05, 0) is 30.7 Å². The van der Waals surface area contributed by atoms with Crippen LogP contribution in [-0.4, -0.2) is 64.9 Å². The van der Waals surface area contributed by atoms with E-state index >= 15 is 0 Å². The highest BCUT2D eigenvalue weighted by Gasteiger charge is 2.36. The molecule has 1 aliphatic rings. The molecule has 1 saturated heterocycles. The summed E-state index contributed by atoms with van der Waals surface area (Å²) in [6.07, 6.45) is 2.03. The molecule has 31 heavy (non-hydrogen) atoms. The lowest BCUT2D eigenvalue weighted by Crippen LogP contribution is -2.54. The lowest BCUT2D eigenvalue weighted by molar-refractivity contribution is -0.145. The van der Waals surface area contributed by atoms with Gasteiger partial charge in [-0.15, -0.1) is 0 Å². The van der Waals surface area contributed by atoms with Gasteiger partial charge in [-0.1, -0.05) is 50.6 Å². The molecule has 0 aromatic heterocycles. The summed E-state index contributed by atoms with van der Waals surface area (Å²) in [6.45, 7) is 3.72. The minimum Gasteiger partial charge on any atom is -0.480 e. The lowest BCUT2D eigenvalue weighted by atomic mass is 9.99. The fourth-order valence-electron chi connectivity index (χ4n) is 3.63. The second-order valence-corrected chi connectivity index (χ2v) is 7.97. The quantitative estimate of drug-likeness (QED) is 0.418. The molecule has 170 valence electrons. The van der Waals surface area contributed by atoms with E-state index in [9.17, 15) is 24.3 Å². The van der Waals surface area contributed by atoms with Gasteiger partial charge in [0.15, 0.2) is 0 Å². The first-order chi connectivity index (χ1) is 14.7. The van der Waals surface area contributed by atoms with Crippen LogP contribution in [0.2, 0.25) is 0 Å². The van der Waals surface area contributed by atoms with Crippen LogP contribution in [-0.2, 0) is 25.6 Å². The number of nitrogens with two attached hydrogens (primary N) is 1. The molecule has 1 fully saturated rings. The highest BCUT2D eigenvalue weighted by atomic mass is 16.4. The Morgan fingerprint density at radius 3 is 2.52 bits per heavy atom. The van der Waals surface area contributed by atoms with E-state index < -0.39 is 41.8 Å². The molecule has 4 atom stereocenters. The van der Waals surface area contributed by atoms with Crippen LogP contribution in [0.4, 0.5) is 0 Å². The van der Waals surface area contributed by atoms with Gasteiger partial charge in [0.05, 0.1) is 12.6 Å². The molecule has 1 aromatic rings. The van der Waals surface area contributed by atoms with Crippen molar-refractivity contribution in [3.05, 3.63) is 35.9 Å². The molecule has 2 rings (SSSR count). The number of carboxylic acids is 1. The van der Waals surface area contributed by atoms with Crippen molar-refractivity contribution < 1.29 is 24.3 Å². The van der Waals surface area contributed by atoms with E-state index in [1.165, 1.54) is 4.90 Å². The van der Waals surface area contributed by atoms with Crippen molar-refractivity contribution in [1.29, 1.82) is 0 Å². The summed E-state index contributed by atoms with van der Waals surface area (Å²) < 4.78 is 0. The minimum absolute atomic E-state index is 0.239. The van der Waals surface area contributed by atoms with E-state index in [1.54, 1.807) is 6.92 Å². The van der Waals surface area contributed by atoms with Crippen LogP contribution in [0.3, 0.4) is 0 Å². The van der Waals surface area contributed by atoms with Crippen LogP contribution in [0.5, 0.6) is 0 Å². The van der Waals surface area contributed by atoms with E-state index in [4.69, 9.17) is 5.73 Å². The average molecular weight is 433 g/mol. The molecule has 1 aliphatic heterocycles. The Morgan fingerprint density at radius 2 is 1.90 bits per heavy atom. The Balaban J connectivity index is 1.89. The summed E-state index contributed by atoms with van der Waals surface area (Å²) >= 11 is 0.